The Bertz CT molecular complexity index is 816. The van der Waals surface area contributed by atoms with Crippen LogP contribution >= 0.6 is 0 Å². The molecule has 0 bridgehead atoms. The van der Waals surface area contributed by atoms with Crippen LogP contribution in [-0.4, -0.2) is 30.4 Å². The van der Waals surface area contributed by atoms with Gasteiger partial charge in [-0.3, -0.25) is 4.90 Å². The lowest BCUT2D eigenvalue weighted by Gasteiger charge is -2.31. The van der Waals surface area contributed by atoms with Gasteiger partial charge < -0.3 is 15.2 Å². The number of fused-ring (bicyclic) bond motifs is 1. The molecule has 4 rings (SSSR count). The van der Waals surface area contributed by atoms with E-state index in [9.17, 15) is 0 Å². The van der Waals surface area contributed by atoms with Crippen molar-refractivity contribution in [2.45, 2.75) is 25.5 Å². The Kier molecular flexibility index (Phi) is 5.64. The van der Waals surface area contributed by atoms with Crippen molar-refractivity contribution in [1.82, 2.24) is 10.4 Å². The predicted molar refractivity (Wildman–Crippen MR) is 109 cm³/mol. The van der Waals surface area contributed by atoms with Gasteiger partial charge in [-0.2, -0.15) is 5.10 Å². The van der Waals surface area contributed by atoms with Gasteiger partial charge in [0.25, 0.3) is 0 Å². The van der Waals surface area contributed by atoms with Crippen LogP contribution in [0.1, 0.15) is 30.1 Å². The van der Waals surface area contributed by atoms with Crippen LogP contribution in [-0.2, 0) is 6.54 Å². The lowest BCUT2D eigenvalue weighted by molar-refractivity contribution is 0.0912. The van der Waals surface area contributed by atoms with Crippen LogP contribution in [0.4, 0.5) is 0 Å². The molecule has 0 spiro atoms. The van der Waals surface area contributed by atoms with Gasteiger partial charge in [-0.25, -0.2) is 11.4 Å². The number of nitrogens with one attached hydrogen (secondary N) is 1. The molecule has 0 aliphatic carbocycles. The summed E-state index contributed by atoms with van der Waals surface area (Å²) in [5, 5.41) is 3.91. The zero-order chi connectivity index (χ0) is 19.3. The van der Waals surface area contributed by atoms with Crippen LogP contribution in [0.3, 0.4) is 0 Å². The molecule has 2 heterocycles. The first kappa shape index (κ1) is 18.6. The van der Waals surface area contributed by atoms with Gasteiger partial charge in [0.1, 0.15) is 12.4 Å². The van der Waals surface area contributed by atoms with Crippen molar-refractivity contribution in [3.63, 3.8) is 0 Å². The first-order valence-corrected chi connectivity index (χ1v) is 9.71. The fraction of sp³-hybridized carbons (Fsp3) is 0.381. The van der Waals surface area contributed by atoms with Gasteiger partial charge in [-0.05, 0) is 49.2 Å². The standard InChI is InChI=1S/C21H27N5O2/c22-21(24-25-23)17-9-11-26(12-10-17)13-15-5-7-16(8-6-15)20-14-27-18-3-1-2-4-19(18)28-20/h1-8,17,20,25H,9-14,23H2,(H2,22,24)/t20-/m1/s1. The number of hydrazine groups is 1. The number of piperidine rings is 1. The molecule has 0 radical (unpaired) electrons. The molecule has 28 heavy (non-hydrogen) atoms. The van der Waals surface area contributed by atoms with E-state index in [0.717, 1.165) is 49.5 Å². The van der Waals surface area contributed by atoms with Gasteiger partial charge in [0.05, 0.1) is 0 Å². The summed E-state index contributed by atoms with van der Waals surface area (Å²) in [6.07, 6.45) is 1.93. The number of hydrazone groups is 1. The second-order valence-corrected chi connectivity index (χ2v) is 7.32. The summed E-state index contributed by atoms with van der Waals surface area (Å²) in [7, 11) is 0. The minimum atomic E-state index is -0.0712. The smallest absolute Gasteiger partial charge is 0.162 e. The summed E-state index contributed by atoms with van der Waals surface area (Å²) < 4.78 is 11.9. The Balaban J connectivity index is 1.32. The molecule has 0 saturated carbocycles. The second-order valence-electron chi connectivity index (χ2n) is 7.32. The summed E-state index contributed by atoms with van der Waals surface area (Å²) in [4.78, 5) is 2.45. The van der Waals surface area contributed by atoms with Crippen molar-refractivity contribution in [3.05, 3.63) is 59.7 Å². The first-order valence-electron chi connectivity index (χ1n) is 9.71. The van der Waals surface area contributed by atoms with E-state index in [0.29, 0.717) is 18.4 Å². The highest BCUT2D eigenvalue weighted by molar-refractivity contribution is 5.82. The first-order chi connectivity index (χ1) is 13.7. The molecular weight excluding hydrogens is 354 g/mol. The molecular formula is C21H27N5O2. The lowest BCUT2D eigenvalue weighted by atomic mass is 9.95. The summed E-state index contributed by atoms with van der Waals surface area (Å²) in [6.45, 7) is 3.47. The minimum absolute atomic E-state index is 0.0712. The second kappa shape index (κ2) is 8.50. The quantitative estimate of drug-likeness (QED) is 0.318. The van der Waals surface area contributed by atoms with Crippen LogP contribution in [0.5, 0.6) is 11.5 Å². The number of hydrogen-bond acceptors (Lipinski definition) is 6. The molecule has 7 nitrogen and oxygen atoms in total. The van der Waals surface area contributed by atoms with E-state index in [1.54, 1.807) is 0 Å². The molecule has 1 atom stereocenters. The predicted octanol–water partition coefficient (Wildman–Crippen LogP) is 2.15. The van der Waals surface area contributed by atoms with Gasteiger partial charge in [0, 0.05) is 12.5 Å². The molecule has 2 aromatic carbocycles. The van der Waals surface area contributed by atoms with E-state index in [4.69, 9.17) is 21.1 Å². The maximum absolute atomic E-state index is 6.09. The third-order valence-corrected chi connectivity index (χ3v) is 5.47. The maximum atomic E-state index is 6.09. The van der Waals surface area contributed by atoms with Crippen LogP contribution in [0.25, 0.3) is 0 Å². The van der Waals surface area contributed by atoms with Crippen molar-refractivity contribution in [1.29, 1.82) is 0 Å². The summed E-state index contributed by atoms with van der Waals surface area (Å²) in [5.74, 6) is 7.73. The van der Waals surface area contributed by atoms with Crippen molar-refractivity contribution in [2.24, 2.45) is 22.6 Å². The summed E-state index contributed by atoms with van der Waals surface area (Å²) in [5.41, 5.74) is 10.7. The number of amidine groups is 1. The van der Waals surface area contributed by atoms with Gasteiger partial charge in [-0.15, -0.1) is 0 Å². The van der Waals surface area contributed by atoms with Crippen molar-refractivity contribution in [3.8, 4) is 11.5 Å². The zero-order valence-corrected chi connectivity index (χ0v) is 15.9. The monoisotopic (exact) mass is 381 g/mol. The molecule has 2 aliphatic heterocycles. The van der Waals surface area contributed by atoms with E-state index in [1.165, 1.54) is 5.56 Å². The van der Waals surface area contributed by atoms with Crippen LogP contribution in [0, 0.1) is 5.92 Å². The third-order valence-electron chi connectivity index (χ3n) is 5.47. The number of rotatable bonds is 5. The van der Waals surface area contributed by atoms with E-state index in [1.807, 2.05) is 24.3 Å². The third kappa shape index (κ3) is 4.21. The minimum Gasteiger partial charge on any atom is -0.485 e. The number of benzene rings is 2. The highest BCUT2D eigenvalue weighted by Gasteiger charge is 2.24. The average Bonchev–Trinajstić information content (AvgIpc) is 2.75. The van der Waals surface area contributed by atoms with Crippen molar-refractivity contribution in [2.75, 3.05) is 19.7 Å². The lowest BCUT2D eigenvalue weighted by Crippen LogP contribution is -2.39. The molecule has 2 aromatic rings. The van der Waals surface area contributed by atoms with Crippen molar-refractivity contribution >= 4 is 5.84 Å². The molecule has 2 aliphatic rings. The summed E-state index contributed by atoms with van der Waals surface area (Å²) >= 11 is 0. The fourth-order valence-electron chi connectivity index (χ4n) is 3.83. The number of likely N-dealkylation sites (tertiary alicyclic amines) is 1. The Morgan fingerprint density at radius 1 is 1.07 bits per heavy atom. The van der Waals surface area contributed by atoms with Gasteiger partial charge >= 0.3 is 0 Å². The number of nitrogens with two attached hydrogens (primary N) is 2. The van der Waals surface area contributed by atoms with E-state index >= 15 is 0 Å². The highest BCUT2D eigenvalue weighted by atomic mass is 16.6. The van der Waals surface area contributed by atoms with Crippen LogP contribution in [0.2, 0.25) is 0 Å². The van der Waals surface area contributed by atoms with E-state index in [-0.39, 0.29) is 6.10 Å². The van der Waals surface area contributed by atoms with Crippen molar-refractivity contribution < 1.29 is 9.47 Å². The van der Waals surface area contributed by atoms with Gasteiger partial charge in [-0.1, -0.05) is 36.4 Å². The molecule has 148 valence electrons. The molecule has 1 fully saturated rings. The Morgan fingerprint density at radius 3 is 2.50 bits per heavy atom. The van der Waals surface area contributed by atoms with Gasteiger partial charge in [0.15, 0.2) is 17.6 Å². The largest absolute Gasteiger partial charge is 0.485 e. The maximum Gasteiger partial charge on any atom is 0.162 e. The normalized spacial score (nSPS) is 20.8. The number of ether oxygens (including phenoxy) is 2. The molecule has 0 aromatic heterocycles. The van der Waals surface area contributed by atoms with E-state index in [2.05, 4.69) is 39.8 Å². The van der Waals surface area contributed by atoms with Gasteiger partial charge in [0.2, 0.25) is 0 Å². The van der Waals surface area contributed by atoms with Crippen LogP contribution < -0.4 is 26.6 Å². The highest BCUT2D eigenvalue weighted by Crippen LogP contribution is 2.35. The zero-order valence-electron chi connectivity index (χ0n) is 15.9. The number of nitrogens with zero attached hydrogens (tertiary/aromatic N) is 2. The molecule has 0 unspecified atom stereocenters. The number of para-hydroxylation sites is 2. The Labute approximate surface area is 165 Å². The topological polar surface area (TPSA) is 98.1 Å². The Morgan fingerprint density at radius 2 is 1.79 bits per heavy atom. The Hall–Kier alpha value is -2.77. The molecule has 5 N–H and O–H groups in total. The average molecular weight is 381 g/mol. The molecule has 0 amide bonds. The van der Waals surface area contributed by atoms with Crippen LogP contribution in [0.15, 0.2) is 53.6 Å². The number of hydrogen-bond donors (Lipinski definition) is 3. The molecule has 7 heteroatoms. The summed E-state index contributed by atoms with van der Waals surface area (Å²) in [6, 6.07) is 16.4. The SMILES string of the molecule is NNN=C(N)C1CCN(Cc2ccc([C@H]3COc4ccccc4O3)cc2)CC1. The van der Waals surface area contributed by atoms with E-state index < -0.39 is 0 Å². The molecule has 1 saturated heterocycles. The fourth-order valence-corrected chi connectivity index (χ4v) is 3.83.